The monoisotopic (exact) mass is 581 g/mol. The molecular weight excluding hydrogens is 552 g/mol. The minimum Gasteiger partial charge on any atom is -0.461 e. The zero-order chi connectivity index (χ0) is 27.9. The van der Waals surface area contributed by atoms with Gasteiger partial charge in [0.2, 0.25) is 0 Å². The molecule has 4 fully saturated rings. The number of piperazine rings is 1. The van der Waals surface area contributed by atoms with Crippen LogP contribution in [-0.2, 0) is 0 Å². The Labute approximate surface area is 240 Å². The van der Waals surface area contributed by atoms with Crippen molar-refractivity contribution in [2.45, 2.75) is 55.9 Å². The Morgan fingerprint density at radius 1 is 1.15 bits per heavy atom. The van der Waals surface area contributed by atoms with Crippen LogP contribution in [0.1, 0.15) is 32.1 Å². The van der Waals surface area contributed by atoms with E-state index in [1.807, 2.05) is 0 Å². The molecule has 6 heterocycles. The largest absolute Gasteiger partial charge is 0.461 e. The maximum absolute atomic E-state index is 16.6. The molecular formula is C29H30ClF2N7O2. The van der Waals surface area contributed by atoms with Crippen molar-refractivity contribution in [2.24, 2.45) is 0 Å². The van der Waals surface area contributed by atoms with Gasteiger partial charge in [-0.15, -0.1) is 0 Å². The smallest absolute Gasteiger partial charge is 0.319 e. The number of rotatable bonds is 5. The molecule has 12 heteroatoms. The number of alkyl halides is 1. The van der Waals surface area contributed by atoms with Crippen LogP contribution >= 0.6 is 11.6 Å². The Hall–Kier alpha value is -3.28. The topological polar surface area (TPSA) is 106 Å². The number of nitrogens with zero attached hydrogens (tertiary/aromatic N) is 5. The number of para-hydroxylation sites is 1. The van der Waals surface area contributed by atoms with Crippen LogP contribution in [0.4, 0.5) is 20.6 Å². The van der Waals surface area contributed by atoms with Crippen LogP contribution in [0.15, 0.2) is 28.7 Å². The van der Waals surface area contributed by atoms with Crippen molar-refractivity contribution in [3.05, 3.63) is 35.1 Å². The fraction of sp³-hybridized carbons (Fsp3) is 0.483. The third-order valence-electron chi connectivity index (χ3n) is 9.29. The molecule has 2 bridgehead atoms. The molecule has 2 aromatic carbocycles. The summed E-state index contributed by atoms with van der Waals surface area (Å²) in [5.41, 5.74) is 7.00. The lowest BCUT2D eigenvalue weighted by Crippen LogP contribution is -2.51. The number of anilines is 2. The summed E-state index contributed by atoms with van der Waals surface area (Å²) in [5, 5.41) is 4.36. The van der Waals surface area contributed by atoms with Crippen molar-refractivity contribution in [1.82, 2.24) is 25.2 Å². The number of nitrogen functional groups attached to an aromatic ring is 1. The van der Waals surface area contributed by atoms with Crippen LogP contribution in [0.25, 0.3) is 33.1 Å². The summed E-state index contributed by atoms with van der Waals surface area (Å²) in [6.45, 7) is 3.01. The number of halogens is 3. The summed E-state index contributed by atoms with van der Waals surface area (Å²) in [6.07, 6.45) is 3.57. The SMILES string of the molecule is Nc1nc2c(-c3c(Cl)cc4c(N5C[C@H]6CC[C@@H](C5)N6)nc(OC[C@@]56CCCN5C[C@H](F)C6)nc4c3F)cccc2o1. The Morgan fingerprint density at radius 2 is 1.98 bits per heavy atom. The molecule has 9 nitrogen and oxygen atoms in total. The lowest BCUT2D eigenvalue weighted by atomic mass is 9.95. The molecule has 4 saturated heterocycles. The van der Waals surface area contributed by atoms with E-state index in [1.165, 1.54) is 0 Å². The van der Waals surface area contributed by atoms with Crippen LogP contribution in [0.2, 0.25) is 5.02 Å². The van der Waals surface area contributed by atoms with Gasteiger partial charge in [0.15, 0.2) is 11.4 Å². The Bertz CT molecular complexity index is 1670. The molecule has 0 radical (unpaired) electrons. The highest BCUT2D eigenvalue weighted by Crippen LogP contribution is 2.43. The molecule has 4 aliphatic rings. The van der Waals surface area contributed by atoms with E-state index in [1.54, 1.807) is 24.3 Å². The Balaban J connectivity index is 1.26. The second-order valence-electron chi connectivity index (χ2n) is 11.9. The molecule has 4 aliphatic heterocycles. The molecule has 0 saturated carbocycles. The van der Waals surface area contributed by atoms with Crippen LogP contribution in [0.5, 0.6) is 6.01 Å². The van der Waals surface area contributed by atoms with E-state index in [4.69, 9.17) is 31.5 Å². The molecule has 2 aromatic heterocycles. The average Bonchev–Trinajstić information content (AvgIpc) is 3.69. The van der Waals surface area contributed by atoms with E-state index in [0.29, 0.717) is 52.9 Å². The summed E-state index contributed by atoms with van der Waals surface area (Å²) in [4.78, 5) is 18.1. The van der Waals surface area contributed by atoms with Gasteiger partial charge in [-0.2, -0.15) is 15.0 Å². The number of aromatic nitrogens is 3. The van der Waals surface area contributed by atoms with Crippen LogP contribution in [0.3, 0.4) is 0 Å². The number of ether oxygens (including phenoxy) is 1. The molecule has 8 rings (SSSR count). The van der Waals surface area contributed by atoms with Crippen molar-refractivity contribution in [3.63, 3.8) is 0 Å². The van der Waals surface area contributed by atoms with E-state index in [9.17, 15) is 4.39 Å². The first-order valence-electron chi connectivity index (χ1n) is 14.2. The van der Waals surface area contributed by atoms with Gasteiger partial charge >= 0.3 is 6.01 Å². The lowest BCUT2D eigenvalue weighted by molar-refractivity contribution is 0.107. The molecule has 4 aromatic rings. The zero-order valence-corrected chi connectivity index (χ0v) is 23.1. The van der Waals surface area contributed by atoms with Crippen molar-refractivity contribution in [1.29, 1.82) is 0 Å². The minimum absolute atomic E-state index is 0.0128. The number of nitrogens with two attached hydrogens (primary N) is 1. The second-order valence-corrected chi connectivity index (χ2v) is 12.3. The molecule has 0 aliphatic carbocycles. The van der Waals surface area contributed by atoms with E-state index < -0.39 is 12.0 Å². The fourth-order valence-corrected chi connectivity index (χ4v) is 7.79. The number of nitrogens with one attached hydrogen (secondary N) is 1. The molecule has 0 unspecified atom stereocenters. The number of hydrogen-bond acceptors (Lipinski definition) is 9. The number of benzene rings is 2. The minimum atomic E-state index is -0.876. The van der Waals surface area contributed by atoms with Gasteiger partial charge in [0.25, 0.3) is 6.01 Å². The van der Waals surface area contributed by atoms with E-state index in [-0.39, 0.29) is 40.3 Å². The standard InChI is InChI=1S/C29H30ClF2N7O2/c30-20-9-19-25(23(32)22(20)18-3-1-4-21-24(18)35-27(33)41-21)36-28(37-26(19)38-12-16-5-6-17(13-38)34-16)40-14-29-7-2-8-39(29)11-15(31)10-29/h1,3-4,9,15-17,34H,2,5-8,10-14H2,(H2,33,35)/t15-,16-,17+,29+/m1/s1. The predicted octanol–water partition coefficient (Wildman–Crippen LogP) is 4.71. The summed E-state index contributed by atoms with van der Waals surface area (Å²) in [7, 11) is 0. The van der Waals surface area contributed by atoms with Crippen LogP contribution < -0.4 is 20.7 Å². The maximum Gasteiger partial charge on any atom is 0.319 e. The maximum atomic E-state index is 16.6. The van der Waals surface area contributed by atoms with Gasteiger partial charge in [-0.3, -0.25) is 4.90 Å². The molecule has 3 N–H and O–H groups in total. The predicted molar refractivity (Wildman–Crippen MR) is 153 cm³/mol. The fourth-order valence-electron chi connectivity index (χ4n) is 7.50. The molecule has 4 atom stereocenters. The molecule has 214 valence electrons. The van der Waals surface area contributed by atoms with E-state index in [0.717, 1.165) is 45.3 Å². The molecule has 0 spiro atoms. The van der Waals surface area contributed by atoms with Crippen molar-refractivity contribution in [2.75, 3.05) is 43.4 Å². The van der Waals surface area contributed by atoms with Crippen molar-refractivity contribution >= 4 is 45.4 Å². The first-order chi connectivity index (χ1) is 19.9. The van der Waals surface area contributed by atoms with Crippen molar-refractivity contribution in [3.8, 4) is 17.1 Å². The number of fused-ring (bicyclic) bond motifs is 5. The van der Waals surface area contributed by atoms with Gasteiger partial charge in [-0.25, -0.2) is 8.78 Å². The summed E-state index contributed by atoms with van der Waals surface area (Å²) in [5.74, 6) is -0.00581. The van der Waals surface area contributed by atoms with Crippen LogP contribution in [-0.4, -0.2) is 76.4 Å². The summed E-state index contributed by atoms with van der Waals surface area (Å²) in [6, 6.07) is 7.66. The number of oxazole rings is 1. The van der Waals surface area contributed by atoms with E-state index >= 15 is 4.39 Å². The normalized spacial score (nSPS) is 27.8. The van der Waals surface area contributed by atoms with Crippen molar-refractivity contribution < 1.29 is 17.9 Å². The van der Waals surface area contributed by atoms with Gasteiger partial charge < -0.3 is 25.1 Å². The highest BCUT2D eigenvalue weighted by Gasteiger charge is 2.49. The molecule has 41 heavy (non-hydrogen) atoms. The Morgan fingerprint density at radius 3 is 2.80 bits per heavy atom. The van der Waals surface area contributed by atoms with Crippen LogP contribution in [0, 0.1) is 5.82 Å². The zero-order valence-electron chi connectivity index (χ0n) is 22.4. The Kier molecular flexibility index (Phi) is 5.81. The van der Waals surface area contributed by atoms with Gasteiger partial charge in [-0.05, 0) is 44.4 Å². The highest BCUT2D eigenvalue weighted by molar-refractivity contribution is 6.34. The number of hydrogen-bond donors (Lipinski definition) is 2. The third kappa shape index (κ3) is 4.11. The third-order valence-corrected chi connectivity index (χ3v) is 9.59. The van der Waals surface area contributed by atoms with Gasteiger partial charge in [0.1, 0.15) is 29.6 Å². The summed E-state index contributed by atoms with van der Waals surface area (Å²) < 4.78 is 42.8. The first kappa shape index (κ1) is 25.4. The first-order valence-corrected chi connectivity index (χ1v) is 14.6. The molecule has 0 amide bonds. The van der Waals surface area contributed by atoms with Gasteiger partial charge in [0.05, 0.1) is 10.6 Å². The van der Waals surface area contributed by atoms with E-state index in [2.05, 4.69) is 25.1 Å². The lowest BCUT2D eigenvalue weighted by Gasteiger charge is -2.34. The average molecular weight is 582 g/mol. The second kappa shape index (κ2) is 9.37. The van der Waals surface area contributed by atoms with Gasteiger partial charge in [-0.1, -0.05) is 23.7 Å². The quantitative estimate of drug-likeness (QED) is 0.347. The highest BCUT2D eigenvalue weighted by atomic mass is 35.5. The van der Waals surface area contributed by atoms with Gasteiger partial charge in [0, 0.05) is 54.7 Å². The summed E-state index contributed by atoms with van der Waals surface area (Å²) >= 11 is 6.80.